The van der Waals surface area contributed by atoms with Crippen LogP contribution < -0.4 is 10.6 Å². The molecule has 0 spiro atoms. The molecule has 9 heteroatoms. The lowest BCUT2D eigenvalue weighted by Gasteiger charge is -2.09. The van der Waals surface area contributed by atoms with Gasteiger partial charge in [-0.2, -0.15) is 13.2 Å². The lowest BCUT2D eigenvalue weighted by Crippen LogP contribution is -2.30. The molecular weight excluding hydrogens is 293 g/mol. The van der Waals surface area contributed by atoms with E-state index in [0.717, 1.165) is 12.1 Å². The summed E-state index contributed by atoms with van der Waals surface area (Å²) in [7, 11) is 0. The first-order chi connectivity index (χ1) is 9.69. The predicted molar refractivity (Wildman–Crippen MR) is 67.4 cm³/mol. The van der Waals surface area contributed by atoms with Gasteiger partial charge in [0.15, 0.2) is 0 Å². The first kappa shape index (κ1) is 16.6. The van der Waals surface area contributed by atoms with Crippen molar-refractivity contribution in [3.05, 3.63) is 23.8 Å². The van der Waals surface area contributed by atoms with E-state index in [2.05, 4.69) is 10.6 Å². The van der Waals surface area contributed by atoms with Gasteiger partial charge in [0, 0.05) is 24.7 Å². The Morgan fingerprint density at radius 2 is 1.90 bits per heavy atom. The second-order valence-corrected chi connectivity index (χ2v) is 4.14. The minimum atomic E-state index is -4.27. The molecule has 0 saturated carbocycles. The zero-order valence-corrected chi connectivity index (χ0v) is 10.7. The molecule has 116 valence electrons. The molecule has 1 aromatic carbocycles. The van der Waals surface area contributed by atoms with Crippen molar-refractivity contribution in [3.8, 4) is 5.75 Å². The van der Waals surface area contributed by atoms with Crippen LogP contribution in [0.5, 0.6) is 5.75 Å². The van der Waals surface area contributed by atoms with Gasteiger partial charge >= 0.3 is 18.2 Å². The van der Waals surface area contributed by atoms with Crippen molar-refractivity contribution in [2.45, 2.75) is 19.0 Å². The number of urea groups is 1. The smallest absolute Gasteiger partial charge is 0.389 e. The topological polar surface area (TPSA) is 98.7 Å². The van der Waals surface area contributed by atoms with Crippen molar-refractivity contribution in [2.24, 2.45) is 0 Å². The van der Waals surface area contributed by atoms with E-state index in [9.17, 15) is 27.9 Å². The number of carbonyl (C=O) groups is 2. The Hall–Kier alpha value is -2.45. The number of aromatic carboxylic acids is 1. The van der Waals surface area contributed by atoms with Gasteiger partial charge in [0.2, 0.25) is 0 Å². The van der Waals surface area contributed by atoms with Gasteiger partial charge in [0.1, 0.15) is 11.3 Å². The second-order valence-electron chi connectivity index (χ2n) is 4.14. The highest BCUT2D eigenvalue weighted by atomic mass is 19.4. The number of anilines is 1. The van der Waals surface area contributed by atoms with Crippen LogP contribution in [-0.4, -0.2) is 34.9 Å². The predicted octanol–water partition coefficient (Wildman–Crippen LogP) is 2.55. The minimum Gasteiger partial charge on any atom is -0.507 e. The Balaban J connectivity index is 2.45. The number of aromatic hydroxyl groups is 1. The molecule has 0 saturated heterocycles. The molecule has 0 atom stereocenters. The van der Waals surface area contributed by atoms with Gasteiger partial charge in [-0.25, -0.2) is 9.59 Å². The fourth-order valence-corrected chi connectivity index (χ4v) is 1.46. The van der Waals surface area contributed by atoms with Crippen LogP contribution in [0.15, 0.2) is 18.2 Å². The molecule has 1 rings (SSSR count). The van der Waals surface area contributed by atoms with Gasteiger partial charge in [-0.05, 0) is 18.6 Å². The summed E-state index contributed by atoms with van der Waals surface area (Å²) >= 11 is 0. The molecule has 0 aromatic heterocycles. The van der Waals surface area contributed by atoms with Crippen molar-refractivity contribution < 1.29 is 33.0 Å². The average molecular weight is 306 g/mol. The summed E-state index contributed by atoms with van der Waals surface area (Å²) in [6.45, 7) is -0.162. The highest BCUT2D eigenvalue weighted by Crippen LogP contribution is 2.22. The quantitative estimate of drug-likeness (QED) is 0.628. The van der Waals surface area contributed by atoms with Crippen molar-refractivity contribution in [3.63, 3.8) is 0 Å². The number of carbonyl (C=O) groups excluding carboxylic acids is 1. The number of carboxylic acids is 1. The van der Waals surface area contributed by atoms with E-state index < -0.39 is 30.3 Å². The van der Waals surface area contributed by atoms with Crippen LogP contribution in [-0.2, 0) is 0 Å². The number of alkyl halides is 3. The lowest BCUT2D eigenvalue weighted by atomic mass is 10.2. The van der Waals surface area contributed by atoms with E-state index in [-0.39, 0.29) is 24.2 Å². The Kier molecular flexibility index (Phi) is 5.39. The molecule has 0 aliphatic rings. The number of hydrogen-bond acceptors (Lipinski definition) is 3. The molecule has 0 radical (unpaired) electrons. The van der Waals surface area contributed by atoms with E-state index in [1.54, 1.807) is 0 Å². The number of halogens is 3. The van der Waals surface area contributed by atoms with Crippen LogP contribution in [0, 0.1) is 0 Å². The minimum absolute atomic E-state index is 0.117. The first-order valence-electron chi connectivity index (χ1n) is 5.87. The van der Waals surface area contributed by atoms with Crippen molar-refractivity contribution >= 4 is 17.7 Å². The number of phenols is 1. The molecule has 4 N–H and O–H groups in total. The zero-order valence-electron chi connectivity index (χ0n) is 10.7. The summed E-state index contributed by atoms with van der Waals surface area (Å²) in [5.41, 5.74) is -0.211. The fraction of sp³-hybridized carbons (Fsp3) is 0.333. The number of carboxylic acid groups (broad SMARTS) is 1. The molecule has 6 nitrogen and oxygen atoms in total. The van der Waals surface area contributed by atoms with Crippen molar-refractivity contribution in [1.29, 1.82) is 0 Å². The summed E-state index contributed by atoms with van der Waals surface area (Å²) in [6.07, 6.45) is -5.52. The molecule has 0 fully saturated rings. The Morgan fingerprint density at radius 1 is 1.24 bits per heavy atom. The number of benzene rings is 1. The van der Waals surface area contributed by atoms with Crippen LogP contribution in [0.25, 0.3) is 0 Å². The van der Waals surface area contributed by atoms with Crippen LogP contribution in [0.2, 0.25) is 0 Å². The van der Waals surface area contributed by atoms with E-state index in [1.165, 1.54) is 6.07 Å². The van der Waals surface area contributed by atoms with Gasteiger partial charge < -0.3 is 20.8 Å². The van der Waals surface area contributed by atoms with Gasteiger partial charge in [0.25, 0.3) is 0 Å². The van der Waals surface area contributed by atoms with Crippen LogP contribution in [0.4, 0.5) is 23.7 Å². The molecule has 0 heterocycles. The molecule has 21 heavy (non-hydrogen) atoms. The highest BCUT2D eigenvalue weighted by Gasteiger charge is 2.25. The normalized spacial score (nSPS) is 11.0. The largest absolute Gasteiger partial charge is 0.507 e. The Morgan fingerprint density at radius 3 is 2.43 bits per heavy atom. The molecule has 0 bridgehead atoms. The van der Waals surface area contributed by atoms with Crippen molar-refractivity contribution in [2.75, 3.05) is 11.9 Å². The third-order valence-electron chi connectivity index (χ3n) is 2.41. The summed E-state index contributed by atoms with van der Waals surface area (Å²) in [4.78, 5) is 22.0. The van der Waals surface area contributed by atoms with Crippen molar-refractivity contribution in [1.82, 2.24) is 5.32 Å². The molecule has 2 amide bonds. The Labute approximate surface area is 117 Å². The summed E-state index contributed by atoms with van der Waals surface area (Å²) in [5.74, 6) is -1.85. The number of amides is 2. The summed E-state index contributed by atoms with van der Waals surface area (Å²) in [6, 6.07) is 2.62. The first-order valence-corrected chi connectivity index (χ1v) is 5.87. The summed E-state index contributed by atoms with van der Waals surface area (Å²) < 4.78 is 35.6. The van der Waals surface area contributed by atoms with Gasteiger partial charge in [-0.15, -0.1) is 0 Å². The zero-order chi connectivity index (χ0) is 16.0. The van der Waals surface area contributed by atoms with Gasteiger partial charge in [-0.1, -0.05) is 0 Å². The Bertz CT molecular complexity index is 532. The molecule has 0 unspecified atom stereocenters. The average Bonchev–Trinajstić information content (AvgIpc) is 2.33. The van der Waals surface area contributed by atoms with E-state index in [1.807, 2.05) is 0 Å². The maximum absolute atomic E-state index is 11.9. The summed E-state index contributed by atoms with van der Waals surface area (Å²) in [5, 5.41) is 22.6. The number of hydrogen-bond donors (Lipinski definition) is 4. The number of rotatable bonds is 5. The third-order valence-corrected chi connectivity index (χ3v) is 2.41. The highest BCUT2D eigenvalue weighted by molar-refractivity contribution is 5.93. The molecule has 1 aromatic rings. The van der Waals surface area contributed by atoms with Crippen LogP contribution in [0.3, 0.4) is 0 Å². The molecular formula is C12H13F3N2O4. The molecule has 0 aliphatic carbocycles. The van der Waals surface area contributed by atoms with Crippen LogP contribution in [0.1, 0.15) is 23.2 Å². The lowest BCUT2D eigenvalue weighted by molar-refractivity contribution is -0.135. The van der Waals surface area contributed by atoms with E-state index >= 15 is 0 Å². The SMILES string of the molecule is O=C(NCCCC(F)(F)F)Nc1ccc(C(=O)O)c(O)c1. The monoisotopic (exact) mass is 306 g/mol. The number of nitrogens with one attached hydrogen (secondary N) is 2. The van der Waals surface area contributed by atoms with E-state index in [4.69, 9.17) is 5.11 Å². The van der Waals surface area contributed by atoms with Crippen LogP contribution >= 0.6 is 0 Å². The van der Waals surface area contributed by atoms with E-state index in [0.29, 0.717) is 0 Å². The van der Waals surface area contributed by atoms with Gasteiger partial charge in [0.05, 0.1) is 0 Å². The second kappa shape index (κ2) is 6.82. The maximum Gasteiger partial charge on any atom is 0.389 e. The van der Waals surface area contributed by atoms with Gasteiger partial charge in [-0.3, -0.25) is 0 Å². The standard InChI is InChI=1S/C12H13F3N2O4/c13-12(14,15)4-1-5-16-11(21)17-7-2-3-8(10(19)20)9(18)6-7/h2-3,6,18H,1,4-5H2,(H,19,20)(H2,16,17,21). The maximum atomic E-state index is 11.9. The molecule has 0 aliphatic heterocycles. The fourth-order valence-electron chi connectivity index (χ4n) is 1.46. The third kappa shape index (κ3) is 6.02.